The molecule has 2 rings (SSSR count). The number of phosphoric ester groups is 1. The molecule has 1 aliphatic heterocycles. The van der Waals surface area contributed by atoms with Crippen molar-refractivity contribution in [1.82, 2.24) is 9.55 Å². The minimum Gasteiger partial charge on any atom is -0.756 e. The molecule has 1 fully saturated rings. The van der Waals surface area contributed by atoms with Gasteiger partial charge in [0.25, 0.3) is 15.6 Å². The largest absolute Gasteiger partial charge is 1.00 e. The Morgan fingerprint density at radius 3 is 2.42 bits per heavy atom. The molecule has 4 unspecified atom stereocenters. The molecule has 5 N–H and O–H groups in total. The normalized spacial score (nSPS) is 26.6. The third-order valence-electron chi connectivity index (χ3n) is 3.26. The maximum atomic E-state index is 13.5. The Bertz CT molecular complexity index is 975. The zero-order chi connectivity index (χ0) is 22.2. The van der Waals surface area contributed by atoms with Crippen molar-refractivity contribution in [3.63, 3.8) is 0 Å². The summed E-state index contributed by atoms with van der Waals surface area (Å²) in [6, 6.07) is 0. The summed E-state index contributed by atoms with van der Waals surface area (Å²) in [5.41, 5.74) is 4.11. The molecule has 0 bridgehead atoms. The van der Waals surface area contributed by atoms with Crippen LogP contribution in [0.4, 0.5) is 10.2 Å². The predicted molar refractivity (Wildman–Crippen MR) is 82.8 cm³/mol. The van der Waals surface area contributed by atoms with Crippen LogP contribution in [0, 0.1) is 5.82 Å². The Labute approximate surface area is 216 Å². The summed E-state index contributed by atoms with van der Waals surface area (Å²) >= 11 is 0. The van der Waals surface area contributed by atoms with Crippen LogP contribution in [0.25, 0.3) is 0 Å². The Morgan fingerprint density at radius 1 is 1.29 bits per heavy atom. The molecule has 22 heteroatoms. The molecular weight excluding hydrogens is 516 g/mol. The van der Waals surface area contributed by atoms with Crippen LogP contribution >= 0.6 is 23.5 Å². The predicted octanol–water partition coefficient (Wildman–Crippen LogP) is -8.30. The molecular formula is C9H13FN3Na2O13P3. The van der Waals surface area contributed by atoms with E-state index in [1.807, 2.05) is 0 Å². The molecule has 1 aromatic rings. The summed E-state index contributed by atoms with van der Waals surface area (Å²) < 4.78 is 63.3. The number of aromatic nitrogens is 2. The van der Waals surface area contributed by atoms with Gasteiger partial charge in [-0.25, -0.2) is 22.4 Å². The zero-order valence-corrected chi connectivity index (χ0v) is 22.5. The van der Waals surface area contributed by atoms with E-state index in [9.17, 15) is 42.7 Å². The van der Waals surface area contributed by atoms with Gasteiger partial charge in [-0.3, -0.25) is 18.2 Å². The van der Waals surface area contributed by atoms with E-state index < -0.39 is 65.8 Å². The summed E-state index contributed by atoms with van der Waals surface area (Å²) in [5.74, 6) is -1.72. The van der Waals surface area contributed by atoms with E-state index >= 15 is 0 Å². The number of rotatable bonds is 8. The van der Waals surface area contributed by atoms with E-state index in [0.29, 0.717) is 10.8 Å². The average molecular weight is 529 g/mol. The number of nitrogens with two attached hydrogens (primary N) is 1. The van der Waals surface area contributed by atoms with Gasteiger partial charge in [0.15, 0.2) is 11.6 Å². The monoisotopic (exact) mass is 529 g/mol. The minimum atomic E-state index is -6.01. The quantitative estimate of drug-likeness (QED) is 0.180. The van der Waals surface area contributed by atoms with Crippen LogP contribution in [0.1, 0.15) is 12.6 Å². The first-order valence-corrected chi connectivity index (χ1v) is 11.7. The van der Waals surface area contributed by atoms with Crippen LogP contribution in [0.3, 0.4) is 0 Å². The number of ether oxygens (including phenoxy) is 1. The van der Waals surface area contributed by atoms with Crippen molar-refractivity contribution in [2.45, 2.75) is 24.9 Å². The van der Waals surface area contributed by atoms with Crippen LogP contribution in [0.15, 0.2) is 11.0 Å². The third kappa shape index (κ3) is 9.99. The zero-order valence-electron chi connectivity index (χ0n) is 15.8. The Kier molecular flexibility index (Phi) is 12.4. The number of hydrogen-bond acceptors (Lipinski definition) is 13. The van der Waals surface area contributed by atoms with Gasteiger partial charge in [0, 0.05) is 6.42 Å². The number of halogens is 1. The topological polar surface area (TPSA) is 256 Å². The van der Waals surface area contributed by atoms with E-state index in [0.717, 1.165) is 0 Å². The van der Waals surface area contributed by atoms with E-state index in [1.165, 1.54) is 0 Å². The van der Waals surface area contributed by atoms with Gasteiger partial charge < -0.3 is 35.2 Å². The summed E-state index contributed by atoms with van der Waals surface area (Å²) in [5, 5.41) is 9.89. The van der Waals surface area contributed by atoms with Crippen molar-refractivity contribution < 1.29 is 120 Å². The van der Waals surface area contributed by atoms with Crippen LogP contribution in [-0.2, 0) is 31.6 Å². The summed E-state index contributed by atoms with van der Waals surface area (Å²) in [4.78, 5) is 54.0. The van der Waals surface area contributed by atoms with Gasteiger partial charge in [-0.1, -0.05) is 0 Å². The van der Waals surface area contributed by atoms with Crippen molar-refractivity contribution in [3.05, 3.63) is 22.5 Å². The van der Waals surface area contributed by atoms with Crippen LogP contribution in [0.2, 0.25) is 0 Å². The number of hydrogen-bond donors (Lipinski definition) is 4. The van der Waals surface area contributed by atoms with Crippen molar-refractivity contribution in [2.24, 2.45) is 0 Å². The maximum absolute atomic E-state index is 13.5. The van der Waals surface area contributed by atoms with E-state index in [1.54, 1.807) is 0 Å². The number of nitrogen functional groups attached to an aromatic ring is 1. The van der Waals surface area contributed by atoms with Crippen molar-refractivity contribution in [2.75, 3.05) is 12.3 Å². The van der Waals surface area contributed by atoms with Crippen molar-refractivity contribution in [1.29, 1.82) is 0 Å². The van der Waals surface area contributed by atoms with Gasteiger partial charge >= 0.3 is 72.6 Å². The molecule has 166 valence electrons. The molecule has 6 atom stereocenters. The first kappa shape index (κ1) is 31.9. The van der Waals surface area contributed by atoms with Gasteiger partial charge in [-0.05, 0) is 0 Å². The number of aliphatic hydroxyl groups excluding tert-OH is 1. The smallest absolute Gasteiger partial charge is 0.756 e. The van der Waals surface area contributed by atoms with Gasteiger partial charge in [-0.15, -0.1) is 0 Å². The van der Waals surface area contributed by atoms with Crippen molar-refractivity contribution in [3.8, 4) is 0 Å². The molecule has 0 saturated carbocycles. The van der Waals surface area contributed by atoms with Crippen LogP contribution in [-0.4, -0.2) is 43.3 Å². The maximum Gasteiger partial charge on any atom is 1.00 e. The Hall–Kier alpha value is 0.940. The van der Waals surface area contributed by atoms with E-state index in [2.05, 4.69) is 18.1 Å². The molecule has 2 heterocycles. The first-order chi connectivity index (χ1) is 13.1. The second-order valence-corrected chi connectivity index (χ2v) is 9.77. The molecule has 16 nitrogen and oxygen atoms in total. The van der Waals surface area contributed by atoms with Crippen LogP contribution in [0.5, 0.6) is 0 Å². The molecule has 0 radical (unpaired) electrons. The van der Waals surface area contributed by atoms with Crippen LogP contribution < -0.4 is 80.3 Å². The second kappa shape index (κ2) is 12.1. The Balaban J connectivity index is 0.00000450. The van der Waals surface area contributed by atoms with Gasteiger partial charge in [0.05, 0.1) is 18.9 Å². The molecule has 0 spiro atoms. The molecule has 1 aliphatic rings. The fourth-order valence-electron chi connectivity index (χ4n) is 2.16. The van der Waals surface area contributed by atoms with Gasteiger partial charge in [0.1, 0.15) is 12.3 Å². The number of phosphoric acid groups is 3. The molecule has 0 aromatic carbocycles. The summed E-state index contributed by atoms with van der Waals surface area (Å²) in [6.07, 6.45) is -3.79. The summed E-state index contributed by atoms with van der Waals surface area (Å²) in [6.45, 7) is -0.987. The molecule has 31 heavy (non-hydrogen) atoms. The molecule has 1 saturated heterocycles. The second-order valence-electron chi connectivity index (χ2n) is 5.44. The SMILES string of the molecule is Nc1nc(=O)n([C@H]2CC(O)[C@@H](COP(=O)(O)OP(=O)([O-])OP(=O)([O-])O)O2)cc1F.[Na+].[Na+]. The number of anilines is 1. The molecule has 0 aliphatic carbocycles. The average Bonchev–Trinajstić information content (AvgIpc) is 2.86. The first-order valence-electron chi connectivity index (χ1n) is 7.21. The molecule has 0 amide bonds. The number of nitrogens with zero attached hydrogens (tertiary/aromatic N) is 2. The number of aliphatic hydroxyl groups is 1. The van der Waals surface area contributed by atoms with E-state index in [4.69, 9.17) is 15.4 Å². The Morgan fingerprint density at radius 2 is 1.87 bits per heavy atom. The standard InChI is InChI=1S/C9H15FN3O13P3.2Na/c10-4-2-13(9(15)12-8(4)11)7-1-5(14)6(24-7)3-23-28(19,20)26-29(21,22)25-27(16,17)18;;/h2,5-7,14H,1,3H2,(H,19,20)(H,21,22)(H2,11,12,15)(H2,16,17,18);;/q;2*+1/p-2/t5?,6-,7-;;/m1../s1. The molecule has 1 aromatic heterocycles. The third-order valence-corrected chi connectivity index (χ3v) is 6.98. The van der Waals surface area contributed by atoms with Gasteiger partial charge in [0.2, 0.25) is 0 Å². The fraction of sp³-hybridized carbons (Fsp3) is 0.556. The van der Waals surface area contributed by atoms with Crippen molar-refractivity contribution >= 4 is 29.3 Å². The minimum absolute atomic E-state index is 0. The van der Waals surface area contributed by atoms with Gasteiger partial charge in [-0.2, -0.15) is 4.98 Å². The fourth-order valence-corrected chi connectivity index (χ4v) is 5.09. The summed E-state index contributed by atoms with van der Waals surface area (Å²) in [7, 11) is -17.4. The van der Waals surface area contributed by atoms with E-state index in [-0.39, 0.29) is 65.5 Å².